The van der Waals surface area contributed by atoms with Crippen molar-refractivity contribution >= 4 is 29.2 Å². The number of benzene rings is 1. The Morgan fingerprint density at radius 3 is 2.71 bits per heavy atom. The molecule has 1 aromatic rings. The molecule has 1 aliphatic heterocycles. The van der Waals surface area contributed by atoms with E-state index >= 15 is 0 Å². The summed E-state index contributed by atoms with van der Waals surface area (Å²) in [7, 11) is 0. The minimum absolute atomic E-state index is 0.0321. The number of carboxylic acids is 1. The second-order valence-electron chi connectivity index (χ2n) is 5.51. The number of hydrogen-bond donors (Lipinski definition) is 1. The van der Waals surface area contributed by atoms with Gasteiger partial charge in [0.15, 0.2) is 11.9 Å². The number of hydrogen-bond acceptors (Lipinski definition) is 3. The molecular weight excluding hydrogens is 294 g/mol. The van der Waals surface area contributed by atoms with Crippen molar-refractivity contribution in [3.8, 4) is 5.75 Å². The number of aryl methyl sites for hydroxylation is 1. The average Bonchev–Trinajstić information content (AvgIpc) is 2.36. The minimum atomic E-state index is -0.948. The Morgan fingerprint density at radius 1 is 1.48 bits per heavy atom. The monoisotopic (exact) mass is 311 g/mol. The molecule has 114 valence electrons. The zero-order valence-electron chi connectivity index (χ0n) is 12.2. The van der Waals surface area contributed by atoms with Crippen LogP contribution in [0.5, 0.6) is 5.75 Å². The van der Waals surface area contributed by atoms with Crippen LogP contribution in [-0.2, 0) is 9.59 Å². The average molecular weight is 312 g/mol. The Labute approximate surface area is 128 Å². The van der Waals surface area contributed by atoms with Crippen molar-refractivity contribution in [1.29, 1.82) is 0 Å². The van der Waals surface area contributed by atoms with Crippen molar-refractivity contribution in [2.45, 2.75) is 33.3 Å². The molecule has 1 aromatic carbocycles. The summed E-state index contributed by atoms with van der Waals surface area (Å²) >= 11 is 6.21. The molecule has 0 spiro atoms. The number of carboxylic acid groups (broad SMARTS) is 1. The molecule has 1 heterocycles. The van der Waals surface area contributed by atoms with Gasteiger partial charge in [0.1, 0.15) is 0 Å². The molecule has 0 bridgehead atoms. The number of anilines is 1. The highest BCUT2D eigenvalue weighted by molar-refractivity contribution is 6.33. The molecule has 1 amide bonds. The number of ether oxygens (including phenoxy) is 1. The predicted molar refractivity (Wildman–Crippen MR) is 80.0 cm³/mol. The van der Waals surface area contributed by atoms with Crippen LogP contribution in [0.2, 0.25) is 5.02 Å². The fourth-order valence-electron chi connectivity index (χ4n) is 2.34. The van der Waals surface area contributed by atoms with Crippen LogP contribution in [-0.4, -0.2) is 29.6 Å². The molecule has 1 unspecified atom stereocenters. The maximum absolute atomic E-state index is 12.5. The summed E-state index contributed by atoms with van der Waals surface area (Å²) in [5, 5.41) is 9.30. The summed E-state index contributed by atoms with van der Waals surface area (Å²) in [6, 6.07) is 3.56. The van der Waals surface area contributed by atoms with Crippen molar-refractivity contribution in [1.82, 2.24) is 0 Å². The van der Waals surface area contributed by atoms with E-state index in [2.05, 4.69) is 0 Å². The molecule has 0 fully saturated rings. The second-order valence-corrected chi connectivity index (χ2v) is 5.92. The lowest BCUT2D eigenvalue weighted by molar-refractivity contribution is -0.136. The van der Waals surface area contributed by atoms with Crippen LogP contribution >= 0.6 is 11.6 Å². The number of nitrogens with zero attached hydrogens (tertiary/aromatic N) is 1. The first-order valence-electron chi connectivity index (χ1n) is 6.81. The first-order valence-corrected chi connectivity index (χ1v) is 7.19. The van der Waals surface area contributed by atoms with Crippen molar-refractivity contribution in [3.05, 3.63) is 22.7 Å². The van der Waals surface area contributed by atoms with Crippen LogP contribution in [0, 0.1) is 12.8 Å². The molecule has 21 heavy (non-hydrogen) atoms. The van der Waals surface area contributed by atoms with Crippen LogP contribution < -0.4 is 9.64 Å². The van der Waals surface area contributed by atoms with E-state index in [1.807, 2.05) is 20.8 Å². The number of aliphatic carboxylic acids is 1. The van der Waals surface area contributed by atoms with Gasteiger partial charge in [-0.15, -0.1) is 0 Å². The van der Waals surface area contributed by atoms with Crippen molar-refractivity contribution in [2.24, 2.45) is 5.92 Å². The number of amides is 1. The van der Waals surface area contributed by atoms with Gasteiger partial charge in [-0.05, 0) is 30.5 Å². The molecule has 2 rings (SSSR count). The number of fused-ring (bicyclic) bond motifs is 1. The number of halogens is 1. The van der Waals surface area contributed by atoms with Gasteiger partial charge >= 0.3 is 5.97 Å². The van der Waals surface area contributed by atoms with E-state index in [1.54, 1.807) is 12.1 Å². The third-order valence-corrected chi connectivity index (χ3v) is 3.65. The lowest BCUT2D eigenvalue weighted by Gasteiger charge is -2.36. The van der Waals surface area contributed by atoms with Gasteiger partial charge in [0.2, 0.25) is 0 Å². The minimum Gasteiger partial charge on any atom is -0.481 e. The second kappa shape index (κ2) is 5.93. The molecule has 0 aromatic heterocycles. The molecular formula is C15H18ClNO4. The number of carbonyl (C=O) groups excluding carboxylic acids is 1. The van der Waals surface area contributed by atoms with Gasteiger partial charge in [-0.1, -0.05) is 25.4 Å². The first-order chi connectivity index (χ1) is 9.81. The van der Waals surface area contributed by atoms with Gasteiger partial charge in [0, 0.05) is 6.54 Å². The standard InChI is InChI=1S/C15H18ClNO4/c1-8(2)13-15(20)17(5-4-12(18)19)11-7-9(3)6-10(16)14(11)21-13/h6-8,13H,4-5H2,1-3H3,(H,18,19). The van der Waals surface area contributed by atoms with Gasteiger partial charge in [-0.2, -0.15) is 0 Å². The van der Waals surface area contributed by atoms with Crippen LogP contribution in [0.25, 0.3) is 0 Å². The van der Waals surface area contributed by atoms with E-state index in [4.69, 9.17) is 21.4 Å². The van der Waals surface area contributed by atoms with E-state index in [-0.39, 0.29) is 24.8 Å². The largest absolute Gasteiger partial charge is 0.481 e. The Kier molecular flexibility index (Phi) is 4.42. The SMILES string of the molecule is Cc1cc(Cl)c2c(c1)N(CCC(=O)O)C(=O)C(C(C)C)O2. The van der Waals surface area contributed by atoms with Crippen LogP contribution in [0.15, 0.2) is 12.1 Å². The molecule has 0 saturated heterocycles. The predicted octanol–water partition coefficient (Wildman–Crippen LogP) is 2.87. The molecule has 0 aliphatic carbocycles. The Balaban J connectivity index is 2.46. The normalized spacial score (nSPS) is 17.7. The van der Waals surface area contributed by atoms with Gasteiger partial charge < -0.3 is 14.7 Å². The van der Waals surface area contributed by atoms with Crippen LogP contribution in [0.4, 0.5) is 5.69 Å². The molecule has 5 nitrogen and oxygen atoms in total. The third-order valence-electron chi connectivity index (χ3n) is 3.37. The quantitative estimate of drug-likeness (QED) is 0.928. The Hall–Kier alpha value is -1.75. The summed E-state index contributed by atoms with van der Waals surface area (Å²) in [5.41, 5.74) is 1.43. The first kappa shape index (κ1) is 15.6. The van der Waals surface area contributed by atoms with Crippen LogP contribution in [0.3, 0.4) is 0 Å². The highest BCUT2D eigenvalue weighted by Gasteiger charge is 2.37. The smallest absolute Gasteiger partial charge is 0.305 e. The van der Waals surface area contributed by atoms with Gasteiger partial charge in [-0.25, -0.2) is 0 Å². The molecule has 1 N–H and O–H groups in total. The van der Waals surface area contributed by atoms with Gasteiger partial charge in [0.25, 0.3) is 5.91 Å². The van der Waals surface area contributed by atoms with Gasteiger partial charge in [-0.3, -0.25) is 9.59 Å². The molecule has 1 aliphatic rings. The zero-order chi connectivity index (χ0) is 15.7. The van der Waals surface area contributed by atoms with Crippen molar-refractivity contribution < 1.29 is 19.4 Å². The third kappa shape index (κ3) is 3.13. The summed E-state index contributed by atoms with van der Waals surface area (Å²) in [5.74, 6) is -0.752. The lowest BCUT2D eigenvalue weighted by Crippen LogP contribution is -2.49. The fourth-order valence-corrected chi connectivity index (χ4v) is 2.65. The maximum atomic E-state index is 12.5. The summed E-state index contributed by atoms with van der Waals surface area (Å²) in [6.07, 6.45) is -0.770. The lowest BCUT2D eigenvalue weighted by atomic mass is 10.0. The molecule has 0 radical (unpaired) electrons. The molecule has 0 saturated carbocycles. The van der Waals surface area contributed by atoms with E-state index in [0.29, 0.717) is 16.5 Å². The number of rotatable bonds is 4. The maximum Gasteiger partial charge on any atom is 0.305 e. The van der Waals surface area contributed by atoms with Crippen molar-refractivity contribution in [3.63, 3.8) is 0 Å². The summed E-state index contributed by atoms with van der Waals surface area (Å²) in [6.45, 7) is 5.73. The van der Waals surface area contributed by atoms with E-state index in [9.17, 15) is 9.59 Å². The summed E-state index contributed by atoms with van der Waals surface area (Å²) in [4.78, 5) is 24.8. The Morgan fingerprint density at radius 2 is 2.14 bits per heavy atom. The van der Waals surface area contributed by atoms with Gasteiger partial charge in [0.05, 0.1) is 17.1 Å². The highest BCUT2D eigenvalue weighted by Crippen LogP contribution is 2.42. The Bertz CT molecular complexity index is 585. The number of carbonyl (C=O) groups is 2. The van der Waals surface area contributed by atoms with E-state index in [0.717, 1.165) is 5.56 Å². The topological polar surface area (TPSA) is 66.8 Å². The molecule has 6 heteroatoms. The molecule has 1 atom stereocenters. The highest BCUT2D eigenvalue weighted by atomic mass is 35.5. The van der Waals surface area contributed by atoms with Crippen molar-refractivity contribution in [2.75, 3.05) is 11.4 Å². The summed E-state index contributed by atoms with van der Waals surface area (Å²) < 4.78 is 5.76. The van der Waals surface area contributed by atoms with E-state index in [1.165, 1.54) is 4.90 Å². The van der Waals surface area contributed by atoms with E-state index < -0.39 is 12.1 Å². The fraction of sp³-hybridized carbons (Fsp3) is 0.467. The zero-order valence-corrected chi connectivity index (χ0v) is 13.0. The van der Waals surface area contributed by atoms with Crippen LogP contribution in [0.1, 0.15) is 25.8 Å².